The molecule has 2 aromatic rings. The van der Waals surface area contributed by atoms with E-state index in [1.165, 1.54) is 0 Å². The summed E-state index contributed by atoms with van der Waals surface area (Å²) in [5.41, 5.74) is 1.78. The number of hydrogen-bond acceptors (Lipinski definition) is 5. The Morgan fingerprint density at radius 3 is 2.88 bits per heavy atom. The molecule has 1 unspecified atom stereocenters. The van der Waals surface area contributed by atoms with Crippen LogP contribution in [0.15, 0.2) is 10.6 Å². The van der Waals surface area contributed by atoms with Crippen molar-refractivity contribution >= 4 is 0 Å². The Hall–Kier alpha value is -1.69. The summed E-state index contributed by atoms with van der Waals surface area (Å²) in [5, 5.41) is 11.4. The molecule has 0 spiro atoms. The highest BCUT2D eigenvalue weighted by Gasteiger charge is 2.13. The number of hydrogen-bond donors (Lipinski definition) is 1. The summed E-state index contributed by atoms with van der Waals surface area (Å²) in [4.78, 5) is 4.33. The van der Waals surface area contributed by atoms with E-state index in [1.807, 2.05) is 27.1 Å². The molecule has 0 aliphatic heterocycles. The van der Waals surface area contributed by atoms with Crippen LogP contribution in [0.1, 0.15) is 18.4 Å². The fourth-order valence-corrected chi connectivity index (χ4v) is 1.48. The first-order chi connectivity index (χ1) is 8.10. The van der Waals surface area contributed by atoms with Gasteiger partial charge in [-0.2, -0.15) is 10.1 Å². The summed E-state index contributed by atoms with van der Waals surface area (Å²) < 4.78 is 6.99. The lowest BCUT2D eigenvalue weighted by atomic mass is 10.2. The van der Waals surface area contributed by atoms with Crippen molar-refractivity contribution in [3.8, 4) is 11.6 Å². The molecule has 0 saturated carbocycles. The van der Waals surface area contributed by atoms with Crippen LogP contribution in [0.4, 0.5) is 0 Å². The highest BCUT2D eigenvalue weighted by atomic mass is 16.5. The van der Waals surface area contributed by atoms with E-state index in [0.29, 0.717) is 17.8 Å². The number of nitrogens with zero attached hydrogens (tertiary/aromatic N) is 4. The topological polar surface area (TPSA) is 68.8 Å². The first-order valence-corrected chi connectivity index (χ1v) is 5.61. The summed E-state index contributed by atoms with van der Waals surface area (Å²) in [6.45, 7) is 4.05. The average Bonchev–Trinajstić information content (AvgIpc) is 2.87. The Morgan fingerprint density at radius 1 is 1.53 bits per heavy atom. The molecule has 2 aromatic heterocycles. The number of aromatic nitrogens is 4. The van der Waals surface area contributed by atoms with Crippen LogP contribution in [0.2, 0.25) is 0 Å². The van der Waals surface area contributed by atoms with Crippen LogP contribution in [-0.2, 0) is 13.5 Å². The van der Waals surface area contributed by atoms with E-state index in [0.717, 1.165) is 17.8 Å². The average molecular weight is 235 g/mol. The molecule has 6 heteroatoms. The Labute approximate surface area is 100 Å². The molecule has 0 aliphatic carbocycles. The Bertz CT molecular complexity index is 482. The third kappa shape index (κ3) is 2.52. The van der Waals surface area contributed by atoms with Crippen LogP contribution in [0.5, 0.6) is 0 Å². The van der Waals surface area contributed by atoms with Crippen LogP contribution in [0, 0.1) is 6.92 Å². The smallest absolute Gasteiger partial charge is 0.278 e. The Morgan fingerprint density at radius 2 is 2.29 bits per heavy atom. The third-order valence-corrected chi connectivity index (χ3v) is 2.78. The summed E-state index contributed by atoms with van der Waals surface area (Å²) in [7, 11) is 3.80. The van der Waals surface area contributed by atoms with Crippen molar-refractivity contribution in [2.24, 2.45) is 7.05 Å². The van der Waals surface area contributed by atoms with E-state index >= 15 is 0 Å². The van der Waals surface area contributed by atoms with E-state index in [-0.39, 0.29) is 0 Å². The number of aryl methyl sites for hydroxylation is 2. The molecule has 0 saturated heterocycles. The zero-order chi connectivity index (χ0) is 12.4. The van der Waals surface area contributed by atoms with Crippen molar-refractivity contribution in [1.29, 1.82) is 0 Å². The molecule has 0 aliphatic rings. The van der Waals surface area contributed by atoms with Crippen LogP contribution < -0.4 is 5.32 Å². The fourth-order valence-electron chi connectivity index (χ4n) is 1.48. The molecule has 0 fully saturated rings. The predicted molar refractivity (Wildman–Crippen MR) is 63.5 cm³/mol. The van der Waals surface area contributed by atoms with Gasteiger partial charge in [-0.05, 0) is 27.0 Å². The summed E-state index contributed by atoms with van der Waals surface area (Å²) in [6.07, 6.45) is 0.742. The lowest BCUT2D eigenvalue weighted by Crippen LogP contribution is -2.24. The second-order valence-electron chi connectivity index (χ2n) is 4.20. The van der Waals surface area contributed by atoms with Gasteiger partial charge in [-0.3, -0.25) is 4.68 Å². The van der Waals surface area contributed by atoms with E-state index < -0.39 is 0 Å². The SMILES string of the molecule is CNC(C)Cc1noc(-c2cc(C)n(C)n2)n1. The zero-order valence-corrected chi connectivity index (χ0v) is 10.6. The highest BCUT2D eigenvalue weighted by molar-refractivity contribution is 5.46. The first-order valence-electron chi connectivity index (χ1n) is 5.61. The first kappa shape index (κ1) is 11.8. The minimum absolute atomic E-state index is 0.325. The van der Waals surface area contributed by atoms with Gasteiger partial charge in [0.05, 0.1) is 0 Å². The van der Waals surface area contributed by atoms with E-state index in [2.05, 4.69) is 27.5 Å². The van der Waals surface area contributed by atoms with E-state index in [1.54, 1.807) is 4.68 Å². The zero-order valence-electron chi connectivity index (χ0n) is 10.6. The Balaban J connectivity index is 2.18. The predicted octanol–water partition coefficient (Wildman–Crippen LogP) is 0.929. The van der Waals surface area contributed by atoms with Crippen molar-refractivity contribution in [2.75, 3.05) is 7.05 Å². The standard InChI is InChI=1S/C11H17N5O/c1-7(12-3)5-10-13-11(17-15-10)9-6-8(2)16(4)14-9/h6-7,12H,5H2,1-4H3. The molecular weight excluding hydrogens is 218 g/mol. The third-order valence-electron chi connectivity index (χ3n) is 2.78. The van der Waals surface area contributed by atoms with Gasteiger partial charge in [-0.25, -0.2) is 0 Å². The normalized spacial score (nSPS) is 12.9. The van der Waals surface area contributed by atoms with Crippen molar-refractivity contribution in [1.82, 2.24) is 25.2 Å². The van der Waals surface area contributed by atoms with Crippen LogP contribution >= 0.6 is 0 Å². The van der Waals surface area contributed by atoms with Gasteiger partial charge in [0.25, 0.3) is 5.89 Å². The molecule has 1 N–H and O–H groups in total. The van der Waals surface area contributed by atoms with Gasteiger partial charge in [0.1, 0.15) is 0 Å². The molecule has 92 valence electrons. The lowest BCUT2D eigenvalue weighted by Gasteiger charge is -2.04. The largest absolute Gasteiger partial charge is 0.332 e. The van der Waals surface area contributed by atoms with Gasteiger partial charge in [-0.1, -0.05) is 5.16 Å². The molecule has 2 heterocycles. The maximum atomic E-state index is 5.20. The Kier molecular flexibility index (Phi) is 3.23. The summed E-state index contributed by atoms with van der Waals surface area (Å²) in [6, 6.07) is 2.25. The highest BCUT2D eigenvalue weighted by Crippen LogP contribution is 2.16. The second-order valence-corrected chi connectivity index (χ2v) is 4.20. The van der Waals surface area contributed by atoms with Crippen LogP contribution in [0.25, 0.3) is 11.6 Å². The second kappa shape index (κ2) is 4.67. The van der Waals surface area contributed by atoms with Gasteiger partial charge in [-0.15, -0.1) is 0 Å². The van der Waals surface area contributed by atoms with Gasteiger partial charge in [0.2, 0.25) is 0 Å². The van der Waals surface area contributed by atoms with Gasteiger partial charge in [0, 0.05) is 25.2 Å². The quantitative estimate of drug-likeness (QED) is 0.853. The number of rotatable bonds is 4. The molecular formula is C11H17N5O. The number of likely N-dealkylation sites (N-methyl/N-ethyl adjacent to an activating group) is 1. The molecule has 0 radical (unpaired) electrons. The van der Waals surface area contributed by atoms with Crippen LogP contribution in [-0.4, -0.2) is 33.0 Å². The minimum atomic E-state index is 0.325. The van der Waals surface area contributed by atoms with Gasteiger partial charge >= 0.3 is 0 Å². The van der Waals surface area contributed by atoms with E-state index in [4.69, 9.17) is 4.52 Å². The maximum Gasteiger partial charge on any atom is 0.278 e. The lowest BCUT2D eigenvalue weighted by molar-refractivity contribution is 0.416. The molecule has 0 aromatic carbocycles. The molecule has 1 atom stereocenters. The summed E-state index contributed by atoms with van der Waals surface area (Å²) >= 11 is 0. The number of nitrogens with one attached hydrogen (secondary N) is 1. The van der Waals surface area contributed by atoms with Crippen molar-refractivity contribution in [3.63, 3.8) is 0 Å². The molecule has 2 rings (SSSR count). The molecule has 17 heavy (non-hydrogen) atoms. The van der Waals surface area contributed by atoms with Crippen LogP contribution in [0.3, 0.4) is 0 Å². The summed E-state index contributed by atoms with van der Waals surface area (Å²) in [5.74, 6) is 1.18. The maximum absolute atomic E-state index is 5.20. The van der Waals surface area contributed by atoms with Crippen molar-refractivity contribution < 1.29 is 4.52 Å². The minimum Gasteiger partial charge on any atom is -0.332 e. The van der Waals surface area contributed by atoms with Crippen molar-refractivity contribution in [2.45, 2.75) is 26.3 Å². The van der Waals surface area contributed by atoms with Gasteiger partial charge in [0.15, 0.2) is 11.5 Å². The monoisotopic (exact) mass is 235 g/mol. The molecule has 6 nitrogen and oxygen atoms in total. The van der Waals surface area contributed by atoms with E-state index in [9.17, 15) is 0 Å². The fraction of sp³-hybridized carbons (Fsp3) is 0.545. The molecule has 0 amide bonds. The van der Waals surface area contributed by atoms with Crippen molar-refractivity contribution in [3.05, 3.63) is 17.6 Å². The molecule has 0 bridgehead atoms. The van der Waals surface area contributed by atoms with Gasteiger partial charge < -0.3 is 9.84 Å².